The third-order valence-electron chi connectivity index (χ3n) is 6.45. The zero-order chi connectivity index (χ0) is 26.0. The second kappa shape index (κ2) is 10.4. The zero-order valence-corrected chi connectivity index (χ0v) is 20.2. The van der Waals surface area contributed by atoms with Crippen LogP contribution in [0.5, 0.6) is 0 Å². The van der Waals surface area contributed by atoms with E-state index in [4.69, 9.17) is 9.15 Å². The van der Waals surface area contributed by atoms with Crippen LogP contribution < -0.4 is 15.8 Å². The number of ether oxygens (including phenoxy) is 1. The number of aromatic nitrogens is 6. The lowest BCUT2D eigenvalue weighted by atomic mass is 9.97. The fraction of sp³-hybridized carbons (Fsp3) is 0.565. The van der Waals surface area contributed by atoms with E-state index in [1.165, 1.54) is 18.4 Å². The van der Waals surface area contributed by atoms with Crippen LogP contribution in [-0.4, -0.2) is 56.1 Å². The Hall–Kier alpha value is -3.55. The number of piperidine rings is 1. The Bertz CT molecular complexity index is 1250. The number of anilines is 2. The molecule has 198 valence electrons. The Morgan fingerprint density at radius 2 is 1.86 bits per heavy atom. The average molecular weight is 521 g/mol. The first-order valence-corrected chi connectivity index (χ1v) is 12.2. The molecule has 0 spiro atoms. The topological polar surface area (TPSA) is 135 Å². The maximum atomic E-state index is 13.2. The molecule has 0 bridgehead atoms. The number of H-pyrrole nitrogens is 1. The van der Waals surface area contributed by atoms with Crippen molar-refractivity contribution in [3.8, 4) is 0 Å². The van der Waals surface area contributed by atoms with Crippen LogP contribution in [0.25, 0.3) is 0 Å². The van der Waals surface area contributed by atoms with Gasteiger partial charge in [0.05, 0.1) is 18.5 Å². The van der Waals surface area contributed by atoms with Gasteiger partial charge in [-0.3, -0.25) is 4.79 Å². The van der Waals surface area contributed by atoms with Gasteiger partial charge in [0.15, 0.2) is 0 Å². The number of hydrogen-bond acceptors (Lipinski definition) is 10. The van der Waals surface area contributed by atoms with E-state index in [1.54, 1.807) is 12.0 Å². The van der Waals surface area contributed by atoms with Gasteiger partial charge in [-0.1, -0.05) is 0 Å². The van der Waals surface area contributed by atoms with Crippen molar-refractivity contribution < 1.29 is 22.3 Å². The molecule has 0 radical (unpaired) electrons. The van der Waals surface area contributed by atoms with E-state index in [1.807, 2.05) is 12.4 Å². The summed E-state index contributed by atoms with van der Waals surface area (Å²) in [5.41, 5.74) is -1.84. The monoisotopic (exact) mass is 520 g/mol. The van der Waals surface area contributed by atoms with E-state index in [2.05, 4.69) is 35.5 Å². The Morgan fingerprint density at radius 3 is 2.54 bits per heavy atom. The molecule has 1 saturated heterocycles. The van der Waals surface area contributed by atoms with Crippen LogP contribution in [0.2, 0.25) is 0 Å². The van der Waals surface area contributed by atoms with Gasteiger partial charge in [-0.2, -0.15) is 18.3 Å². The molecule has 4 heterocycles. The van der Waals surface area contributed by atoms with Crippen LogP contribution >= 0.6 is 0 Å². The summed E-state index contributed by atoms with van der Waals surface area (Å²) < 4.78 is 50.9. The standard InChI is InChI=1S/C23H27F3N8O3/c1-13(30-17-10-29-32-20(35)19(17)23(24,25)26)11-36-12-18-31-33-21(37-18)15-4-6-34(7-5-15)22-27-8-16(9-28-22)14-2-3-14/h8-10,13-15H,2-7,11-12H2,1H3,(H2,30,32,35). The molecular formula is C23H27F3N8O3. The number of nitrogens with zero attached hydrogens (tertiary/aromatic N) is 6. The molecule has 1 saturated carbocycles. The molecule has 3 aromatic heterocycles. The summed E-state index contributed by atoms with van der Waals surface area (Å²) in [6.07, 6.45) is 4.05. The molecule has 1 atom stereocenters. The smallest absolute Gasteiger partial charge is 0.422 e. The number of nitrogens with one attached hydrogen (secondary N) is 2. The maximum absolute atomic E-state index is 13.2. The van der Waals surface area contributed by atoms with E-state index in [-0.39, 0.29) is 25.0 Å². The van der Waals surface area contributed by atoms with E-state index in [0.717, 1.165) is 38.1 Å². The fourth-order valence-electron chi connectivity index (χ4n) is 4.36. The third-order valence-corrected chi connectivity index (χ3v) is 6.45. The molecule has 3 aromatic rings. The van der Waals surface area contributed by atoms with E-state index >= 15 is 0 Å². The van der Waals surface area contributed by atoms with Gasteiger partial charge in [-0.25, -0.2) is 15.1 Å². The van der Waals surface area contributed by atoms with Gasteiger partial charge in [-0.15, -0.1) is 10.2 Å². The molecular weight excluding hydrogens is 493 g/mol. The molecule has 14 heteroatoms. The minimum atomic E-state index is -4.82. The van der Waals surface area contributed by atoms with E-state index in [9.17, 15) is 18.0 Å². The van der Waals surface area contributed by atoms with Crippen LogP contribution in [0.15, 0.2) is 27.8 Å². The lowest BCUT2D eigenvalue weighted by Gasteiger charge is -2.30. The third kappa shape index (κ3) is 6.06. The number of rotatable bonds is 9. The quantitative estimate of drug-likeness (QED) is 0.433. The van der Waals surface area contributed by atoms with Gasteiger partial charge in [0.25, 0.3) is 5.56 Å². The van der Waals surface area contributed by atoms with Gasteiger partial charge < -0.3 is 19.4 Å². The molecule has 11 nitrogen and oxygen atoms in total. The van der Waals surface area contributed by atoms with Crippen molar-refractivity contribution in [1.82, 2.24) is 30.4 Å². The van der Waals surface area contributed by atoms with Gasteiger partial charge in [-0.05, 0) is 44.1 Å². The summed E-state index contributed by atoms with van der Waals surface area (Å²) in [4.78, 5) is 22.8. The summed E-state index contributed by atoms with van der Waals surface area (Å²) in [7, 11) is 0. The summed E-state index contributed by atoms with van der Waals surface area (Å²) in [6.45, 7) is 3.24. The van der Waals surface area contributed by atoms with Crippen LogP contribution in [0, 0.1) is 0 Å². The van der Waals surface area contributed by atoms with Crippen LogP contribution in [0.3, 0.4) is 0 Å². The predicted molar refractivity (Wildman–Crippen MR) is 125 cm³/mol. The van der Waals surface area contributed by atoms with Crippen molar-refractivity contribution in [3.05, 3.63) is 51.9 Å². The molecule has 1 unspecified atom stereocenters. The SMILES string of the molecule is CC(COCc1nnc(C2CCN(c3ncc(C4CC4)cn3)CC2)o1)Nc1cn[nH]c(=O)c1C(F)(F)F. The maximum Gasteiger partial charge on any atom is 0.423 e. The summed E-state index contributed by atoms with van der Waals surface area (Å²) in [5.74, 6) is 2.32. The molecule has 1 aliphatic carbocycles. The lowest BCUT2D eigenvalue weighted by Crippen LogP contribution is -2.34. The molecule has 0 aromatic carbocycles. The average Bonchev–Trinajstić information content (AvgIpc) is 3.61. The van der Waals surface area contributed by atoms with Crippen LogP contribution in [0.1, 0.15) is 67.4 Å². The second-order valence-corrected chi connectivity index (χ2v) is 9.43. The first-order chi connectivity index (χ1) is 17.8. The normalized spacial score (nSPS) is 17.7. The first kappa shape index (κ1) is 25.1. The van der Waals surface area contributed by atoms with Crippen molar-refractivity contribution >= 4 is 11.6 Å². The summed E-state index contributed by atoms with van der Waals surface area (Å²) in [5, 5.41) is 16.0. The van der Waals surface area contributed by atoms with Crippen LogP contribution in [0.4, 0.5) is 24.8 Å². The van der Waals surface area contributed by atoms with Crippen molar-refractivity contribution in [2.75, 3.05) is 29.9 Å². The van der Waals surface area contributed by atoms with E-state index < -0.39 is 29.0 Å². The minimum Gasteiger partial charge on any atom is -0.422 e. The second-order valence-electron chi connectivity index (χ2n) is 9.43. The fourth-order valence-corrected chi connectivity index (χ4v) is 4.36. The van der Waals surface area contributed by atoms with Crippen molar-refractivity contribution in [1.29, 1.82) is 0 Å². The first-order valence-electron chi connectivity index (χ1n) is 12.2. The van der Waals surface area contributed by atoms with Gasteiger partial charge in [0, 0.05) is 37.4 Å². The summed E-state index contributed by atoms with van der Waals surface area (Å²) >= 11 is 0. The molecule has 0 amide bonds. The largest absolute Gasteiger partial charge is 0.423 e. The van der Waals surface area contributed by atoms with E-state index in [0.29, 0.717) is 11.8 Å². The number of alkyl halides is 3. The minimum absolute atomic E-state index is 0.0127. The number of aromatic amines is 1. The van der Waals surface area contributed by atoms with Crippen LogP contribution in [-0.2, 0) is 17.5 Å². The van der Waals surface area contributed by atoms with Crippen molar-refractivity contribution in [2.45, 2.75) is 63.3 Å². The molecule has 1 aliphatic heterocycles. The summed E-state index contributed by atoms with van der Waals surface area (Å²) in [6, 6.07) is -0.544. The zero-order valence-electron chi connectivity index (χ0n) is 20.2. The highest BCUT2D eigenvalue weighted by atomic mass is 19.4. The Morgan fingerprint density at radius 1 is 1.14 bits per heavy atom. The number of hydrogen-bond donors (Lipinski definition) is 2. The van der Waals surface area contributed by atoms with Gasteiger partial charge in [0.1, 0.15) is 12.2 Å². The molecule has 37 heavy (non-hydrogen) atoms. The Labute approximate surface area is 209 Å². The molecule has 5 rings (SSSR count). The molecule has 2 fully saturated rings. The van der Waals surface area contributed by atoms with Gasteiger partial charge >= 0.3 is 6.18 Å². The highest BCUT2D eigenvalue weighted by molar-refractivity contribution is 5.50. The van der Waals surface area contributed by atoms with Crippen molar-refractivity contribution in [3.63, 3.8) is 0 Å². The highest BCUT2D eigenvalue weighted by Crippen LogP contribution is 2.39. The molecule has 2 N–H and O–H groups in total. The lowest BCUT2D eigenvalue weighted by molar-refractivity contribution is -0.138. The van der Waals surface area contributed by atoms with Crippen molar-refractivity contribution in [2.24, 2.45) is 0 Å². The predicted octanol–water partition coefficient (Wildman–Crippen LogP) is 3.24. The van der Waals surface area contributed by atoms with Gasteiger partial charge in [0.2, 0.25) is 17.7 Å². The Kier molecular flexibility index (Phi) is 7.09. The number of halogens is 3. The molecule has 2 aliphatic rings. The highest BCUT2D eigenvalue weighted by Gasteiger charge is 2.37. The Balaban J connectivity index is 1.08.